The summed E-state index contributed by atoms with van der Waals surface area (Å²) >= 11 is 12.1. The minimum atomic E-state index is -0.309. The molecule has 0 fully saturated rings. The van der Waals surface area contributed by atoms with E-state index in [1.54, 1.807) is 34.9 Å². The number of nitrogens with zero attached hydrogens (tertiary/aromatic N) is 2. The minimum Gasteiger partial charge on any atom is -0.301 e. The second-order valence-corrected chi connectivity index (χ2v) is 5.07. The van der Waals surface area contributed by atoms with Gasteiger partial charge in [-0.1, -0.05) is 35.3 Å². The Hall–Kier alpha value is -1.58. The lowest BCUT2D eigenvalue weighted by molar-refractivity contribution is 0.630. The number of pyridine rings is 1. The van der Waals surface area contributed by atoms with Crippen LogP contribution in [0.2, 0.25) is 10.0 Å². The van der Waals surface area contributed by atoms with Gasteiger partial charge in [0.15, 0.2) is 5.65 Å². The van der Waals surface area contributed by atoms with Crippen LogP contribution < -0.4 is 0 Å². The van der Waals surface area contributed by atoms with Gasteiger partial charge in [0.25, 0.3) is 0 Å². The molecule has 0 atom stereocenters. The second-order valence-electron chi connectivity index (χ2n) is 4.23. The van der Waals surface area contributed by atoms with Gasteiger partial charge in [-0.05, 0) is 25.1 Å². The van der Waals surface area contributed by atoms with E-state index in [1.165, 1.54) is 6.07 Å². The van der Waals surface area contributed by atoms with E-state index in [4.69, 9.17) is 23.2 Å². The average Bonchev–Trinajstić information content (AvgIpc) is 2.68. The van der Waals surface area contributed by atoms with Crippen LogP contribution in [-0.4, -0.2) is 9.38 Å². The van der Waals surface area contributed by atoms with Crippen molar-refractivity contribution >= 4 is 28.8 Å². The van der Waals surface area contributed by atoms with E-state index < -0.39 is 0 Å². The number of aryl methyl sites for hydroxylation is 1. The third kappa shape index (κ3) is 1.99. The van der Waals surface area contributed by atoms with E-state index >= 15 is 0 Å². The van der Waals surface area contributed by atoms with Crippen LogP contribution in [0.25, 0.3) is 16.9 Å². The van der Waals surface area contributed by atoms with Gasteiger partial charge in [-0.3, -0.25) is 0 Å². The van der Waals surface area contributed by atoms with Crippen LogP contribution in [0.15, 0.2) is 36.5 Å². The highest BCUT2D eigenvalue weighted by atomic mass is 35.5. The summed E-state index contributed by atoms with van der Waals surface area (Å²) in [5, 5.41) is 0.955. The highest BCUT2D eigenvalue weighted by Gasteiger charge is 2.15. The molecule has 0 amide bonds. The first-order chi connectivity index (χ1) is 9.08. The van der Waals surface area contributed by atoms with Crippen molar-refractivity contribution in [2.45, 2.75) is 6.92 Å². The third-order valence-corrected chi connectivity index (χ3v) is 3.49. The molecule has 3 rings (SSSR count). The lowest BCUT2D eigenvalue weighted by Crippen LogP contribution is -1.89. The molecule has 0 aliphatic heterocycles. The Kier molecular flexibility index (Phi) is 2.96. The number of hydrogen-bond donors (Lipinski definition) is 0. The van der Waals surface area contributed by atoms with Crippen molar-refractivity contribution in [3.8, 4) is 11.3 Å². The molecule has 0 N–H and O–H groups in total. The Morgan fingerprint density at radius 3 is 2.68 bits per heavy atom. The molecular formula is C14H9Cl2FN2. The average molecular weight is 295 g/mol. The van der Waals surface area contributed by atoms with Crippen molar-refractivity contribution in [1.82, 2.24) is 9.38 Å². The number of benzene rings is 1. The minimum absolute atomic E-state index is 0.309. The van der Waals surface area contributed by atoms with Crippen LogP contribution in [-0.2, 0) is 0 Å². The van der Waals surface area contributed by atoms with Crippen molar-refractivity contribution < 1.29 is 4.39 Å². The standard InChI is InChI=1S/C14H9Cl2FN2/c1-8-13(10-4-2-3-5-12(10)17)18-14-11(16)6-9(15)7-19(8)14/h2-7H,1H3. The predicted molar refractivity (Wildman–Crippen MR) is 75.3 cm³/mol. The topological polar surface area (TPSA) is 17.3 Å². The van der Waals surface area contributed by atoms with Crippen molar-refractivity contribution in [2.24, 2.45) is 0 Å². The molecule has 0 unspecified atom stereocenters. The summed E-state index contributed by atoms with van der Waals surface area (Å²) in [5.74, 6) is -0.309. The Balaban J connectivity index is 2.35. The summed E-state index contributed by atoms with van der Waals surface area (Å²) in [6.45, 7) is 1.86. The van der Waals surface area contributed by atoms with Gasteiger partial charge in [-0.15, -0.1) is 0 Å². The molecule has 0 aliphatic rings. The van der Waals surface area contributed by atoms with E-state index in [9.17, 15) is 4.39 Å². The third-order valence-electron chi connectivity index (χ3n) is 3.01. The van der Waals surface area contributed by atoms with E-state index in [2.05, 4.69) is 4.98 Å². The Morgan fingerprint density at radius 2 is 1.95 bits per heavy atom. The number of fused-ring (bicyclic) bond motifs is 1. The van der Waals surface area contributed by atoms with Crippen LogP contribution in [0.3, 0.4) is 0 Å². The maximum Gasteiger partial charge on any atom is 0.156 e. The van der Waals surface area contributed by atoms with Gasteiger partial charge in [-0.25, -0.2) is 9.37 Å². The molecule has 5 heteroatoms. The number of aromatic nitrogens is 2. The maximum absolute atomic E-state index is 13.9. The largest absolute Gasteiger partial charge is 0.301 e. The first-order valence-electron chi connectivity index (χ1n) is 5.66. The Morgan fingerprint density at radius 1 is 1.21 bits per heavy atom. The van der Waals surface area contributed by atoms with Gasteiger partial charge in [0.1, 0.15) is 5.82 Å². The molecule has 3 aromatic rings. The zero-order chi connectivity index (χ0) is 13.6. The van der Waals surface area contributed by atoms with E-state index in [-0.39, 0.29) is 5.82 Å². The van der Waals surface area contributed by atoms with E-state index in [1.807, 2.05) is 6.92 Å². The summed E-state index contributed by atoms with van der Waals surface area (Å²) in [4.78, 5) is 4.42. The summed E-state index contributed by atoms with van der Waals surface area (Å²) in [7, 11) is 0. The molecule has 19 heavy (non-hydrogen) atoms. The zero-order valence-corrected chi connectivity index (χ0v) is 11.5. The summed E-state index contributed by atoms with van der Waals surface area (Å²) < 4.78 is 15.6. The SMILES string of the molecule is Cc1c(-c2ccccc2F)nc2c(Cl)cc(Cl)cn12. The highest BCUT2D eigenvalue weighted by molar-refractivity contribution is 6.36. The van der Waals surface area contributed by atoms with Crippen LogP contribution in [0.5, 0.6) is 0 Å². The lowest BCUT2D eigenvalue weighted by atomic mass is 10.1. The quantitative estimate of drug-likeness (QED) is 0.633. The molecule has 2 aromatic heterocycles. The molecule has 0 radical (unpaired) electrons. The number of imidazole rings is 1. The molecule has 0 bridgehead atoms. The molecule has 0 aliphatic carbocycles. The Labute approximate surface area is 119 Å². The fraction of sp³-hybridized carbons (Fsp3) is 0.0714. The smallest absolute Gasteiger partial charge is 0.156 e. The van der Waals surface area contributed by atoms with Crippen LogP contribution in [0.1, 0.15) is 5.69 Å². The molecule has 2 nitrogen and oxygen atoms in total. The van der Waals surface area contributed by atoms with Crippen LogP contribution >= 0.6 is 23.2 Å². The fourth-order valence-corrected chi connectivity index (χ4v) is 2.61. The van der Waals surface area contributed by atoms with E-state index in [0.717, 1.165) is 5.69 Å². The van der Waals surface area contributed by atoms with Crippen LogP contribution in [0.4, 0.5) is 4.39 Å². The van der Waals surface area contributed by atoms with Crippen molar-refractivity contribution in [3.63, 3.8) is 0 Å². The highest BCUT2D eigenvalue weighted by Crippen LogP contribution is 2.30. The maximum atomic E-state index is 13.9. The molecular weight excluding hydrogens is 286 g/mol. The molecule has 2 heterocycles. The summed E-state index contributed by atoms with van der Waals surface area (Å²) in [6.07, 6.45) is 1.72. The first kappa shape index (κ1) is 12.5. The van der Waals surface area contributed by atoms with Crippen molar-refractivity contribution in [2.75, 3.05) is 0 Å². The molecule has 0 saturated carbocycles. The van der Waals surface area contributed by atoms with Gasteiger partial charge in [-0.2, -0.15) is 0 Å². The fourth-order valence-electron chi connectivity index (χ4n) is 2.09. The van der Waals surface area contributed by atoms with Gasteiger partial charge < -0.3 is 4.40 Å². The lowest BCUT2D eigenvalue weighted by Gasteiger charge is -2.01. The predicted octanol–water partition coefficient (Wildman–Crippen LogP) is 4.76. The normalized spacial score (nSPS) is 11.2. The summed E-state index contributed by atoms with van der Waals surface area (Å²) in [6, 6.07) is 8.15. The number of hydrogen-bond acceptors (Lipinski definition) is 1. The van der Waals surface area contributed by atoms with Gasteiger partial charge in [0.05, 0.1) is 15.7 Å². The van der Waals surface area contributed by atoms with Crippen LogP contribution in [0, 0.1) is 12.7 Å². The number of rotatable bonds is 1. The first-order valence-corrected chi connectivity index (χ1v) is 6.42. The Bertz CT molecular complexity index is 780. The van der Waals surface area contributed by atoms with Gasteiger partial charge >= 0.3 is 0 Å². The molecule has 1 aromatic carbocycles. The van der Waals surface area contributed by atoms with E-state index in [0.29, 0.717) is 26.9 Å². The van der Waals surface area contributed by atoms with Crippen molar-refractivity contribution in [3.05, 3.63) is 58.1 Å². The van der Waals surface area contributed by atoms with Gasteiger partial charge in [0, 0.05) is 17.5 Å². The molecule has 0 saturated heterocycles. The summed E-state index contributed by atoms with van der Waals surface area (Å²) in [5.41, 5.74) is 2.39. The second kappa shape index (κ2) is 4.51. The number of halogens is 3. The zero-order valence-electron chi connectivity index (χ0n) is 9.99. The monoisotopic (exact) mass is 294 g/mol. The molecule has 0 spiro atoms. The van der Waals surface area contributed by atoms with Crippen molar-refractivity contribution in [1.29, 1.82) is 0 Å². The molecule has 96 valence electrons. The van der Waals surface area contributed by atoms with Gasteiger partial charge in [0.2, 0.25) is 0 Å².